The van der Waals surface area contributed by atoms with Gasteiger partial charge in [-0.25, -0.2) is 4.79 Å². The van der Waals surface area contributed by atoms with Crippen LogP contribution >= 0.6 is 0 Å². The van der Waals surface area contributed by atoms with E-state index in [1.54, 1.807) is 0 Å². The molecule has 0 aromatic rings. The van der Waals surface area contributed by atoms with Gasteiger partial charge in [0.05, 0.1) is 6.04 Å². The van der Waals surface area contributed by atoms with Crippen molar-refractivity contribution in [1.82, 2.24) is 15.5 Å². The van der Waals surface area contributed by atoms with E-state index < -0.39 is 59.7 Å². The Morgan fingerprint density at radius 1 is 0.914 bits per heavy atom. The maximum Gasteiger partial charge on any atom is 0.326 e. The first-order valence-corrected chi connectivity index (χ1v) is 11.6. The first-order valence-electron chi connectivity index (χ1n) is 11.6. The number of carbonyl (C=O) groups excluding carboxylic acids is 5. The molecule has 198 valence electrons. The Bertz CT molecular complexity index is 792. The van der Waals surface area contributed by atoms with Crippen LogP contribution in [0.15, 0.2) is 0 Å². The van der Waals surface area contributed by atoms with E-state index in [2.05, 4.69) is 10.6 Å². The van der Waals surface area contributed by atoms with Gasteiger partial charge in [0.15, 0.2) is 0 Å². The van der Waals surface area contributed by atoms with E-state index in [9.17, 15) is 33.9 Å². The molecule has 14 nitrogen and oxygen atoms in total. The SMILES string of the molecule is NCCCCC(NC(=O)C1CCCN1C(=O)C(N)CCC(N)=O)C(=O)NC(CCC(N)=O)C(=O)O. The minimum absolute atomic E-state index is 0.0466. The number of primary amides is 2. The van der Waals surface area contributed by atoms with Crippen molar-refractivity contribution in [2.75, 3.05) is 13.1 Å². The summed E-state index contributed by atoms with van der Waals surface area (Å²) in [6.07, 6.45) is 1.69. The highest BCUT2D eigenvalue weighted by Crippen LogP contribution is 2.20. The van der Waals surface area contributed by atoms with Crippen molar-refractivity contribution >= 4 is 35.5 Å². The number of hydrogen-bond donors (Lipinski definition) is 7. The fraction of sp³-hybridized carbons (Fsp3) is 0.714. The number of amides is 5. The standard InChI is InChI=1S/C21H37N7O7/c22-10-2-1-4-13(18(31)27-14(21(34)35)7-9-17(25)30)26-19(32)15-5-3-11-28(15)20(33)12(23)6-8-16(24)29/h12-15H,1-11,22-23H2,(H2,24,29)(H2,25,30)(H,26,32)(H,27,31)(H,34,35). The minimum Gasteiger partial charge on any atom is -0.480 e. The summed E-state index contributed by atoms with van der Waals surface area (Å²) in [5.74, 6) is -4.45. The van der Waals surface area contributed by atoms with Crippen LogP contribution in [0.1, 0.15) is 57.8 Å². The Hall–Kier alpha value is -3.26. The Balaban J connectivity index is 2.89. The largest absolute Gasteiger partial charge is 0.480 e. The number of aliphatic carboxylic acids is 1. The smallest absolute Gasteiger partial charge is 0.326 e. The quantitative estimate of drug-likeness (QED) is 0.107. The van der Waals surface area contributed by atoms with Gasteiger partial charge >= 0.3 is 5.97 Å². The molecule has 0 aromatic heterocycles. The number of carbonyl (C=O) groups is 6. The third-order valence-electron chi connectivity index (χ3n) is 5.73. The first kappa shape index (κ1) is 29.8. The molecule has 1 saturated heterocycles. The molecule has 1 aliphatic heterocycles. The molecule has 0 bridgehead atoms. The lowest BCUT2D eigenvalue weighted by Gasteiger charge is -2.28. The molecule has 1 rings (SSSR count). The number of nitrogens with two attached hydrogens (primary N) is 4. The summed E-state index contributed by atoms with van der Waals surface area (Å²) >= 11 is 0. The molecular weight excluding hydrogens is 462 g/mol. The molecule has 35 heavy (non-hydrogen) atoms. The second kappa shape index (κ2) is 14.9. The second-order valence-electron chi connectivity index (χ2n) is 8.55. The van der Waals surface area contributed by atoms with Crippen LogP contribution in [-0.2, 0) is 28.8 Å². The van der Waals surface area contributed by atoms with E-state index in [1.165, 1.54) is 4.90 Å². The number of unbranched alkanes of at least 4 members (excludes halogenated alkanes) is 1. The maximum absolute atomic E-state index is 13.0. The summed E-state index contributed by atoms with van der Waals surface area (Å²) in [5, 5.41) is 14.3. The molecule has 1 aliphatic rings. The van der Waals surface area contributed by atoms with Gasteiger partial charge in [-0.3, -0.25) is 24.0 Å². The van der Waals surface area contributed by atoms with Gasteiger partial charge in [0, 0.05) is 19.4 Å². The lowest BCUT2D eigenvalue weighted by molar-refractivity contribution is -0.143. The van der Waals surface area contributed by atoms with Gasteiger partial charge in [-0.2, -0.15) is 0 Å². The van der Waals surface area contributed by atoms with Crippen LogP contribution in [0.5, 0.6) is 0 Å². The summed E-state index contributed by atoms with van der Waals surface area (Å²) in [6, 6.07) is -4.31. The van der Waals surface area contributed by atoms with Crippen LogP contribution in [0.25, 0.3) is 0 Å². The highest BCUT2D eigenvalue weighted by Gasteiger charge is 2.37. The summed E-state index contributed by atoms with van der Waals surface area (Å²) in [4.78, 5) is 73.4. The highest BCUT2D eigenvalue weighted by molar-refractivity contribution is 5.94. The molecule has 1 fully saturated rings. The van der Waals surface area contributed by atoms with Crippen LogP contribution in [0.3, 0.4) is 0 Å². The molecule has 14 heteroatoms. The van der Waals surface area contributed by atoms with Crippen molar-refractivity contribution < 1.29 is 33.9 Å². The summed E-state index contributed by atoms with van der Waals surface area (Å²) in [5.41, 5.74) is 21.5. The van der Waals surface area contributed by atoms with Crippen molar-refractivity contribution in [3.8, 4) is 0 Å². The third kappa shape index (κ3) is 10.3. The minimum atomic E-state index is -1.36. The summed E-state index contributed by atoms with van der Waals surface area (Å²) in [6.45, 7) is 0.659. The van der Waals surface area contributed by atoms with Crippen molar-refractivity contribution in [2.45, 2.75) is 82.0 Å². The number of carboxylic acids is 1. The molecule has 1 heterocycles. The van der Waals surface area contributed by atoms with E-state index in [1.807, 2.05) is 0 Å². The van der Waals surface area contributed by atoms with Crippen molar-refractivity contribution in [1.29, 1.82) is 0 Å². The molecular formula is C21H37N7O7. The lowest BCUT2D eigenvalue weighted by Crippen LogP contribution is -2.56. The van der Waals surface area contributed by atoms with Crippen molar-refractivity contribution in [3.05, 3.63) is 0 Å². The molecule has 0 aliphatic carbocycles. The van der Waals surface area contributed by atoms with Gasteiger partial charge in [0.1, 0.15) is 18.1 Å². The first-order chi connectivity index (χ1) is 16.5. The molecule has 4 unspecified atom stereocenters. The zero-order chi connectivity index (χ0) is 26.5. The van der Waals surface area contributed by atoms with E-state index >= 15 is 0 Å². The number of carboxylic acid groups (broad SMARTS) is 1. The fourth-order valence-electron chi connectivity index (χ4n) is 3.78. The van der Waals surface area contributed by atoms with Crippen LogP contribution < -0.4 is 33.6 Å². The predicted octanol–water partition coefficient (Wildman–Crippen LogP) is -2.98. The van der Waals surface area contributed by atoms with Gasteiger partial charge < -0.3 is 43.6 Å². The van der Waals surface area contributed by atoms with E-state index in [4.69, 9.17) is 22.9 Å². The Morgan fingerprint density at radius 3 is 2.11 bits per heavy atom. The van der Waals surface area contributed by atoms with E-state index in [0.717, 1.165) is 0 Å². The molecule has 4 atom stereocenters. The molecule has 11 N–H and O–H groups in total. The normalized spacial score (nSPS) is 17.8. The Kier molecular flexibility index (Phi) is 12.7. The molecule has 0 spiro atoms. The highest BCUT2D eigenvalue weighted by atomic mass is 16.4. The summed E-state index contributed by atoms with van der Waals surface area (Å²) < 4.78 is 0. The van der Waals surface area contributed by atoms with Gasteiger partial charge in [-0.05, 0) is 51.5 Å². The predicted molar refractivity (Wildman–Crippen MR) is 124 cm³/mol. The van der Waals surface area contributed by atoms with Gasteiger partial charge in [0.25, 0.3) is 0 Å². The van der Waals surface area contributed by atoms with E-state index in [0.29, 0.717) is 38.8 Å². The second-order valence-corrected chi connectivity index (χ2v) is 8.55. The zero-order valence-corrected chi connectivity index (χ0v) is 19.7. The number of likely N-dealkylation sites (tertiary alicyclic amines) is 1. The van der Waals surface area contributed by atoms with Crippen LogP contribution in [0.2, 0.25) is 0 Å². The zero-order valence-electron chi connectivity index (χ0n) is 19.7. The number of nitrogens with one attached hydrogen (secondary N) is 2. The number of hydrogen-bond acceptors (Lipinski definition) is 8. The van der Waals surface area contributed by atoms with Crippen LogP contribution in [0.4, 0.5) is 0 Å². The Labute approximate surface area is 203 Å². The third-order valence-corrected chi connectivity index (χ3v) is 5.73. The van der Waals surface area contributed by atoms with Crippen molar-refractivity contribution in [3.63, 3.8) is 0 Å². The molecule has 0 saturated carbocycles. The maximum atomic E-state index is 13.0. The topological polar surface area (TPSA) is 254 Å². The van der Waals surface area contributed by atoms with E-state index in [-0.39, 0.29) is 32.1 Å². The van der Waals surface area contributed by atoms with Gasteiger partial charge in [0.2, 0.25) is 29.5 Å². The summed E-state index contributed by atoms with van der Waals surface area (Å²) in [7, 11) is 0. The molecule has 0 aromatic carbocycles. The average molecular weight is 500 g/mol. The van der Waals surface area contributed by atoms with Crippen LogP contribution in [-0.4, -0.2) is 82.8 Å². The molecule has 5 amide bonds. The van der Waals surface area contributed by atoms with Gasteiger partial charge in [-0.1, -0.05) is 0 Å². The van der Waals surface area contributed by atoms with Gasteiger partial charge in [-0.15, -0.1) is 0 Å². The molecule has 0 radical (unpaired) electrons. The monoisotopic (exact) mass is 499 g/mol. The average Bonchev–Trinajstić information content (AvgIpc) is 3.28. The van der Waals surface area contributed by atoms with Crippen LogP contribution in [0, 0.1) is 0 Å². The number of nitrogens with zero attached hydrogens (tertiary/aromatic N) is 1. The number of rotatable bonds is 16. The fourth-order valence-corrected chi connectivity index (χ4v) is 3.78. The lowest BCUT2D eigenvalue weighted by atomic mass is 10.1. The Morgan fingerprint density at radius 2 is 1.54 bits per heavy atom. The van der Waals surface area contributed by atoms with Crippen molar-refractivity contribution in [2.24, 2.45) is 22.9 Å².